The Morgan fingerprint density at radius 2 is 1.86 bits per heavy atom. The fourth-order valence-electron chi connectivity index (χ4n) is 3.05. The summed E-state index contributed by atoms with van der Waals surface area (Å²) in [5, 5.41) is 11.6. The summed E-state index contributed by atoms with van der Waals surface area (Å²) in [5.74, 6) is -0.217. The van der Waals surface area contributed by atoms with Gasteiger partial charge in [-0.05, 0) is 23.8 Å². The van der Waals surface area contributed by atoms with Crippen LogP contribution in [0.1, 0.15) is 17.9 Å². The van der Waals surface area contributed by atoms with Crippen LogP contribution in [-0.2, 0) is 19.0 Å². The summed E-state index contributed by atoms with van der Waals surface area (Å²) >= 11 is 0. The van der Waals surface area contributed by atoms with E-state index in [1.165, 1.54) is 0 Å². The third-order valence-electron chi connectivity index (χ3n) is 4.48. The maximum absolute atomic E-state index is 12.8. The van der Waals surface area contributed by atoms with Gasteiger partial charge in [0.15, 0.2) is 5.76 Å². The molecule has 0 unspecified atom stereocenters. The van der Waals surface area contributed by atoms with Crippen molar-refractivity contribution in [1.82, 2.24) is 0 Å². The Balaban J connectivity index is 1.71. The van der Waals surface area contributed by atoms with Crippen molar-refractivity contribution in [2.75, 3.05) is 37.5 Å². The molecule has 2 aromatic rings. The van der Waals surface area contributed by atoms with Crippen molar-refractivity contribution < 1.29 is 24.1 Å². The Bertz CT molecular complexity index is 825. The molecule has 0 spiro atoms. The van der Waals surface area contributed by atoms with Gasteiger partial charge in [0.1, 0.15) is 0 Å². The number of allylic oxidation sites excluding steroid dienone is 1. The first-order valence-corrected chi connectivity index (χ1v) is 9.57. The number of aliphatic hydroxyl groups excluding tert-OH is 1. The summed E-state index contributed by atoms with van der Waals surface area (Å²) in [4.78, 5) is 12.8. The first-order chi connectivity index (χ1) is 14.2. The highest BCUT2D eigenvalue weighted by molar-refractivity contribution is 6.04. The van der Waals surface area contributed by atoms with Crippen molar-refractivity contribution in [3.63, 3.8) is 0 Å². The van der Waals surface area contributed by atoms with Crippen LogP contribution < -0.4 is 11.1 Å². The van der Waals surface area contributed by atoms with Gasteiger partial charge in [-0.3, -0.25) is 4.79 Å². The fraction of sp³-hybridized carbons (Fsp3) is 0.318. The number of nitrogens with two attached hydrogens (primary N) is 1. The number of carbonyl (C=O) groups is 1. The average molecular weight is 398 g/mol. The Hall–Kier alpha value is -2.87. The molecule has 7 nitrogen and oxygen atoms in total. The van der Waals surface area contributed by atoms with Gasteiger partial charge in [-0.25, -0.2) is 0 Å². The Morgan fingerprint density at radius 3 is 2.62 bits per heavy atom. The number of aliphatic hydroxyl groups is 1. The number of para-hydroxylation sites is 2. The molecule has 2 aromatic carbocycles. The summed E-state index contributed by atoms with van der Waals surface area (Å²) in [7, 11) is 0. The predicted molar refractivity (Wildman–Crippen MR) is 110 cm³/mol. The standard InChI is InChI=1S/C22H26N2O5/c23-18-8-4-5-9-19(18)24-22(26)20-14-17(16-6-2-1-3-7-16)15-21(29-20)28-13-12-27-11-10-25/h1-9,14,17,21,25H,10-13,15,23H2,(H,24,26)/t17-,21+/m1/s1. The molecule has 4 N–H and O–H groups in total. The number of ether oxygens (including phenoxy) is 3. The lowest BCUT2D eigenvalue weighted by Crippen LogP contribution is -2.30. The van der Waals surface area contributed by atoms with Crippen molar-refractivity contribution in [3.8, 4) is 0 Å². The van der Waals surface area contributed by atoms with E-state index in [-0.39, 0.29) is 30.8 Å². The van der Waals surface area contributed by atoms with E-state index in [1.54, 1.807) is 24.3 Å². The van der Waals surface area contributed by atoms with Crippen molar-refractivity contribution >= 4 is 17.3 Å². The lowest BCUT2D eigenvalue weighted by Gasteiger charge is -2.29. The van der Waals surface area contributed by atoms with Crippen LogP contribution in [0.15, 0.2) is 66.4 Å². The van der Waals surface area contributed by atoms with Gasteiger partial charge in [-0.15, -0.1) is 0 Å². The van der Waals surface area contributed by atoms with Crippen molar-refractivity contribution in [1.29, 1.82) is 0 Å². The second-order valence-electron chi connectivity index (χ2n) is 6.58. The summed E-state index contributed by atoms with van der Waals surface area (Å²) in [6, 6.07) is 16.9. The fourth-order valence-corrected chi connectivity index (χ4v) is 3.05. The van der Waals surface area contributed by atoms with E-state index in [2.05, 4.69) is 5.32 Å². The highest BCUT2D eigenvalue weighted by Gasteiger charge is 2.29. The number of rotatable bonds is 9. The minimum absolute atomic E-state index is 0.0258. The van der Waals surface area contributed by atoms with Gasteiger partial charge in [0.2, 0.25) is 6.29 Å². The molecule has 29 heavy (non-hydrogen) atoms. The number of anilines is 2. The van der Waals surface area contributed by atoms with Crippen LogP contribution in [0.3, 0.4) is 0 Å². The van der Waals surface area contributed by atoms with E-state index in [0.29, 0.717) is 31.0 Å². The third-order valence-corrected chi connectivity index (χ3v) is 4.48. The normalized spacial score (nSPS) is 18.6. The molecular formula is C22H26N2O5. The van der Waals surface area contributed by atoms with Gasteiger partial charge < -0.3 is 30.4 Å². The van der Waals surface area contributed by atoms with E-state index in [9.17, 15) is 4.79 Å². The third kappa shape index (κ3) is 6.05. The molecular weight excluding hydrogens is 372 g/mol. The zero-order valence-corrected chi connectivity index (χ0v) is 16.1. The van der Waals surface area contributed by atoms with E-state index in [0.717, 1.165) is 5.56 Å². The molecule has 7 heteroatoms. The zero-order chi connectivity index (χ0) is 20.5. The minimum atomic E-state index is -0.586. The molecule has 0 aromatic heterocycles. The summed E-state index contributed by atoms with van der Waals surface area (Å²) in [6.45, 7) is 0.855. The van der Waals surface area contributed by atoms with Gasteiger partial charge in [0.25, 0.3) is 5.91 Å². The van der Waals surface area contributed by atoms with Crippen molar-refractivity contribution in [2.24, 2.45) is 0 Å². The van der Waals surface area contributed by atoms with Gasteiger partial charge in [0.05, 0.1) is 37.8 Å². The highest BCUT2D eigenvalue weighted by Crippen LogP contribution is 2.32. The SMILES string of the molecule is Nc1ccccc1NC(=O)C1=C[C@@H](c2ccccc2)C[C@@H](OCCOCCO)O1. The second kappa shape index (κ2) is 10.6. The van der Waals surface area contributed by atoms with Crippen molar-refractivity contribution in [3.05, 3.63) is 72.0 Å². The number of nitrogens with one attached hydrogen (secondary N) is 1. The topological polar surface area (TPSA) is 103 Å². The van der Waals surface area contributed by atoms with Crippen LogP contribution in [0, 0.1) is 0 Å². The van der Waals surface area contributed by atoms with Gasteiger partial charge >= 0.3 is 0 Å². The molecule has 154 valence electrons. The van der Waals surface area contributed by atoms with E-state index < -0.39 is 6.29 Å². The van der Waals surface area contributed by atoms with Gasteiger partial charge in [0, 0.05) is 12.3 Å². The molecule has 0 saturated carbocycles. The molecule has 1 heterocycles. The lowest BCUT2D eigenvalue weighted by atomic mass is 9.93. The number of amides is 1. The molecule has 0 aliphatic carbocycles. The van der Waals surface area contributed by atoms with Crippen LogP contribution in [0.2, 0.25) is 0 Å². The summed E-state index contributed by atoms with van der Waals surface area (Å²) in [5.41, 5.74) is 8.00. The summed E-state index contributed by atoms with van der Waals surface area (Å²) < 4.78 is 16.8. The van der Waals surface area contributed by atoms with Crippen LogP contribution >= 0.6 is 0 Å². The average Bonchev–Trinajstić information content (AvgIpc) is 2.75. The van der Waals surface area contributed by atoms with Crippen LogP contribution in [-0.4, -0.2) is 43.7 Å². The van der Waals surface area contributed by atoms with Crippen LogP contribution in [0.4, 0.5) is 11.4 Å². The predicted octanol–water partition coefficient (Wildman–Crippen LogP) is 2.65. The van der Waals surface area contributed by atoms with E-state index >= 15 is 0 Å². The molecule has 1 aliphatic rings. The Morgan fingerprint density at radius 1 is 1.10 bits per heavy atom. The van der Waals surface area contributed by atoms with E-state index in [4.69, 9.17) is 25.1 Å². The molecule has 0 radical (unpaired) electrons. The number of hydrogen-bond donors (Lipinski definition) is 3. The zero-order valence-electron chi connectivity index (χ0n) is 16.1. The first-order valence-electron chi connectivity index (χ1n) is 9.57. The molecule has 2 atom stereocenters. The molecule has 0 saturated heterocycles. The molecule has 0 fully saturated rings. The van der Waals surface area contributed by atoms with Gasteiger partial charge in [-0.2, -0.15) is 0 Å². The largest absolute Gasteiger partial charge is 0.459 e. The monoisotopic (exact) mass is 398 g/mol. The number of nitrogen functional groups attached to an aromatic ring is 1. The van der Waals surface area contributed by atoms with Crippen LogP contribution in [0.5, 0.6) is 0 Å². The lowest BCUT2D eigenvalue weighted by molar-refractivity contribution is -0.148. The molecule has 1 amide bonds. The Kier molecular flexibility index (Phi) is 7.63. The molecule has 1 aliphatic heterocycles. The maximum Gasteiger partial charge on any atom is 0.290 e. The number of carbonyl (C=O) groups excluding carboxylic acids is 1. The molecule has 3 rings (SSSR count). The van der Waals surface area contributed by atoms with Crippen molar-refractivity contribution in [2.45, 2.75) is 18.6 Å². The maximum atomic E-state index is 12.8. The highest BCUT2D eigenvalue weighted by atomic mass is 16.7. The number of hydrogen-bond acceptors (Lipinski definition) is 6. The quantitative estimate of drug-likeness (QED) is 0.443. The van der Waals surface area contributed by atoms with Gasteiger partial charge in [-0.1, -0.05) is 42.5 Å². The summed E-state index contributed by atoms with van der Waals surface area (Å²) in [6.07, 6.45) is 1.80. The number of benzene rings is 2. The first kappa shape index (κ1) is 20.9. The van der Waals surface area contributed by atoms with Crippen LogP contribution in [0.25, 0.3) is 0 Å². The smallest absolute Gasteiger partial charge is 0.290 e. The van der Waals surface area contributed by atoms with E-state index in [1.807, 2.05) is 36.4 Å². The Labute approximate surface area is 170 Å². The molecule has 0 bridgehead atoms. The second-order valence-corrected chi connectivity index (χ2v) is 6.58. The minimum Gasteiger partial charge on any atom is -0.459 e.